The minimum absolute atomic E-state index is 0.467. The van der Waals surface area contributed by atoms with Crippen molar-refractivity contribution in [3.8, 4) is 11.4 Å². The van der Waals surface area contributed by atoms with Gasteiger partial charge in [0.15, 0.2) is 5.82 Å². The zero-order valence-corrected chi connectivity index (χ0v) is 20.0. The highest BCUT2D eigenvalue weighted by molar-refractivity contribution is 5.92. The number of rotatable bonds is 4. The summed E-state index contributed by atoms with van der Waals surface area (Å²) in [5.41, 5.74) is 5.74. The molecule has 0 radical (unpaired) electrons. The lowest BCUT2D eigenvalue weighted by atomic mass is 10.1. The Balaban J connectivity index is 1.17. The van der Waals surface area contributed by atoms with Gasteiger partial charge in [0, 0.05) is 49.0 Å². The summed E-state index contributed by atoms with van der Waals surface area (Å²) in [7, 11) is 0. The van der Waals surface area contributed by atoms with Gasteiger partial charge in [0.05, 0.1) is 11.2 Å². The molecular weight excluding hydrogens is 424 g/mol. The van der Waals surface area contributed by atoms with E-state index < -0.39 is 0 Å². The predicted octanol–water partition coefficient (Wildman–Crippen LogP) is 4.08. The van der Waals surface area contributed by atoms with Crippen LogP contribution in [0.15, 0.2) is 48.5 Å². The number of benzene rings is 2. The standard InChI is InChI=1S/C27H30N6O/c1-18-10-11-22-23(28-18)7-5-8-24(22)32-15-14-31(19(2)16-32)13-12-21-6-4-9-25-27(21)34-17-26-30-29-20(3)33(25)26/h4-11,19H,12-17H2,1-3H3/t19-/m1/s1. The number of aromatic nitrogens is 4. The van der Waals surface area contributed by atoms with Crippen LogP contribution < -0.4 is 9.64 Å². The maximum atomic E-state index is 6.13. The average molecular weight is 455 g/mol. The molecule has 7 heteroatoms. The monoisotopic (exact) mass is 454 g/mol. The number of fused-ring (bicyclic) bond motifs is 4. The van der Waals surface area contributed by atoms with Crippen molar-refractivity contribution in [1.82, 2.24) is 24.6 Å². The molecule has 2 aliphatic heterocycles. The molecular formula is C27H30N6O. The van der Waals surface area contributed by atoms with Crippen LogP contribution in [0.1, 0.15) is 29.8 Å². The van der Waals surface area contributed by atoms with Gasteiger partial charge in [-0.2, -0.15) is 0 Å². The van der Waals surface area contributed by atoms with Crippen LogP contribution in [-0.2, 0) is 13.0 Å². The Bertz CT molecular complexity index is 1360. The van der Waals surface area contributed by atoms with Crippen LogP contribution in [0.2, 0.25) is 0 Å². The van der Waals surface area contributed by atoms with E-state index in [-0.39, 0.29) is 0 Å². The topological polar surface area (TPSA) is 59.3 Å². The fourth-order valence-electron chi connectivity index (χ4n) is 5.39. The predicted molar refractivity (Wildman–Crippen MR) is 134 cm³/mol. The number of aryl methyl sites for hydroxylation is 2. The number of ether oxygens (including phenoxy) is 1. The second kappa shape index (κ2) is 8.40. The summed E-state index contributed by atoms with van der Waals surface area (Å²) in [6.45, 7) is 10.9. The van der Waals surface area contributed by atoms with Gasteiger partial charge in [-0.25, -0.2) is 0 Å². The van der Waals surface area contributed by atoms with Crippen LogP contribution in [0.5, 0.6) is 5.75 Å². The van der Waals surface area contributed by atoms with E-state index in [1.807, 2.05) is 13.8 Å². The van der Waals surface area contributed by atoms with Gasteiger partial charge >= 0.3 is 0 Å². The Labute approximate surface area is 200 Å². The molecule has 1 saturated heterocycles. The number of hydrogen-bond donors (Lipinski definition) is 0. The fraction of sp³-hybridized carbons (Fsp3) is 0.370. The smallest absolute Gasteiger partial charge is 0.175 e. The van der Waals surface area contributed by atoms with E-state index >= 15 is 0 Å². The molecule has 0 saturated carbocycles. The Morgan fingerprint density at radius 3 is 2.71 bits per heavy atom. The minimum Gasteiger partial charge on any atom is -0.483 e. The first kappa shape index (κ1) is 21.1. The third-order valence-corrected chi connectivity index (χ3v) is 7.18. The molecule has 1 fully saturated rings. The molecule has 2 aliphatic rings. The molecule has 0 aliphatic carbocycles. The van der Waals surface area contributed by atoms with E-state index in [0.29, 0.717) is 12.6 Å². The first-order valence-electron chi connectivity index (χ1n) is 12.1. The number of piperazine rings is 1. The Hall–Kier alpha value is -3.45. The molecule has 7 nitrogen and oxygen atoms in total. The summed E-state index contributed by atoms with van der Waals surface area (Å²) in [6.07, 6.45) is 0.960. The highest BCUT2D eigenvalue weighted by Crippen LogP contribution is 2.34. The SMILES string of the molecule is Cc1ccc2c(N3CCN(CCc4cccc5c4OCc4nnc(C)n4-5)[C@H](C)C3)cccc2n1. The third-order valence-electron chi connectivity index (χ3n) is 7.18. The van der Waals surface area contributed by atoms with Crippen LogP contribution in [0, 0.1) is 13.8 Å². The molecule has 0 spiro atoms. The van der Waals surface area contributed by atoms with Gasteiger partial charge < -0.3 is 9.64 Å². The number of nitrogens with zero attached hydrogens (tertiary/aromatic N) is 6. The fourth-order valence-corrected chi connectivity index (χ4v) is 5.39. The minimum atomic E-state index is 0.467. The highest BCUT2D eigenvalue weighted by atomic mass is 16.5. The largest absolute Gasteiger partial charge is 0.483 e. The van der Waals surface area contributed by atoms with Gasteiger partial charge in [0.2, 0.25) is 0 Å². The molecule has 0 bridgehead atoms. The van der Waals surface area contributed by atoms with Crippen LogP contribution in [-0.4, -0.2) is 56.9 Å². The van der Waals surface area contributed by atoms with Crippen molar-refractivity contribution in [3.05, 3.63) is 71.4 Å². The Kier molecular flexibility index (Phi) is 5.21. The molecule has 2 aromatic carbocycles. The molecule has 34 heavy (non-hydrogen) atoms. The molecule has 0 unspecified atom stereocenters. The Morgan fingerprint density at radius 2 is 1.82 bits per heavy atom. The molecule has 174 valence electrons. The van der Waals surface area contributed by atoms with E-state index in [2.05, 4.69) is 80.0 Å². The van der Waals surface area contributed by atoms with Crippen molar-refractivity contribution >= 4 is 16.6 Å². The van der Waals surface area contributed by atoms with Crippen molar-refractivity contribution in [2.45, 2.75) is 39.8 Å². The second-order valence-electron chi connectivity index (χ2n) is 9.43. The third kappa shape index (κ3) is 3.60. The molecule has 1 atom stereocenters. The first-order chi connectivity index (χ1) is 16.6. The van der Waals surface area contributed by atoms with E-state index in [1.54, 1.807) is 0 Å². The summed E-state index contributed by atoms with van der Waals surface area (Å²) in [4.78, 5) is 9.84. The van der Waals surface area contributed by atoms with Crippen molar-refractivity contribution < 1.29 is 4.74 Å². The van der Waals surface area contributed by atoms with E-state index in [0.717, 1.165) is 66.9 Å². The second-order valence-corrected chi connectivity index (χ2v) is 9.43. The quantitative estimate of drug-likeness (QED) is 0.463. The molecule has 4 heterocycles. The van der Waals surface area contributed by atoms with Crippen LogP contribution in [0.3, 0.4) is 0 Å². The van der Waals surface area contributed by atoms with Crippen LogP contribution in [0.25, 0.3) is 16.6 Å². The lowest BCUT2D eigenvalue weighted by Crippen LogP contribution is -2.52. The highest BCUT2D eigenvalue weighted by Gasteiger charge is 2.26. The van der Waals surface area contributed by atoms with Crippen LogP contribution in [0.4, 0.5) is 5.69 Å². The van der Waals surface area contributed by atoms with Gasteiger partial charge in [-0.1, -0.05) is 18.2 Å². The number of anilines is 1. The van der Waals surface area contributed by atoms with Gasteiger partial charge in [-0.15, -0.1) is 10.2 Å². The molecule has 4 aromatic rings. The van der Waals surface area contributed by atoms with Gasteiger partial charge in [-0.3, -0.25) is 14.5 Å². The van der Waals surface area contributed by atoms with Gasteiger partial charge in [-0.05, 0) is 63.1 Å². The summed E-state index contributed by atoms with van der Waals surface area (Å²) < 4.78 is 8.24. The summed E-state index contributed by atoms with van der Waals surface area (Å²) >= 11 is 0. The maximum absolute atomic E-state index is 6.13. The van der Waals surface area contributed by atoms with Crippen molar-refractivity contribution in [2.24, 2.45) is 0 Å². The van der Waals surface area contributed by atoms with Gasteiger partial charge in [0.1, 0.15) is 18.2 Å². The maximum Gasteiger partial charge on any atom is 0.175 e. The normalized spacial score (nSPS) is 18.0. The lowest BCUT2D eigenvalue weighted by Gasteiger charge is -2.41. The molecule has 2 aromatic heterocycles. The number of para-hydroxylation sites is 1. The summed E-state index contributed by atoms with van der Waals surface area (Å²) in [6, 6.07) is 17.7. The first-order valence-corrected chi connectivity index (χ1v) is 12.1. The zero-order chi connectivity index (χ0) is 23.2. The number of pyridine rings is 1. The van der Waals surface area contributed by atoms with Crippen molar-refractivity contribution in [3.63, 3.8) is 0 Å². The molecule has 0 N–H and O–H groups in total. The molecule has 0 amide bonds. The molecule has 6 rings (SSSR count). The lowest BCUT2D eigenvalue weighted by molar-refractivity contribution is 0.190. The Morgan fingerprint density at radius 1 is 0.971 bits per heavy atom. The van der Waals surface area contributed by atoms with Crippen molar-refractivity contribution in [1.29, 1.82) is 0 Å². The van der Waals surface area contributed by atoms with E-state index in [1.165, 1.54) is 16.6 Å². The summed E-state index contributed by atoms with van der Waals surface area (Å²) in [5.74, 6) is 2.74. The van der Waals surface area contributed by atoms with Crippen LogP contribution >= 0.6 is 0 Å². The summed E-state index contributed by atoms with van der Waals surface area (Å²) in [5, 5.41) is 9.71. The average Bonchev–Trinajstić information content (AvgIpc) is 3.23. The van der Waals surface area contributed by atoms with Gasteiger partial charge in [0.25, 0.3) is 0 Å². The number of hydrogen-bond acceptors (Lipinski definition) is 6. The van der Waals surface area contributed by atoms with Crippen molar-refractivity contribution in [2.75, 3.05) is 31.1 Å². The zero-order valence-electron chi connectivity index (χ0n) is 20.0. The van der Waals surface area contributed by atoms with E-state index in [4.69, 9.17) is 9.72 Å². The van der Waals surface area contributed by atoms with E-state index in [9.17, 15) is 0 Å².